The van der Waals surface area contributed by atoms with Crippen LogP contribution in [0.2, 0.25) is 10.0 Å². The fourth-order valence-electron chi connectivity index (χ4n) is 3.90. The molecule has 0 aliphatic heterocycles. The number of carbonyl (C=O) groups is 1. The lowest BCUT2D eigenvalue weighted by atomic mass is 9.87. The molecule has 2 unspecified atom stereocenters. The van der Waals surface area contributed by atoms with Gasteiger partial charge >= 0.3 is 5.97 Å². The molecule has 1 aliphatic carbocycles. The summed E-state index contributed by atoms with van der Waals surface area (Å²) < 4.78 is 37.0. The first-order valence-electron chi connectivity index (χ1n) is 10.3. The van der Waals surface area contributed by atoms with Gasteiger partial charge in [-0.15, -0.1) is 0 Å². The van der Waals surface area contributed by atoms with Crippen LogP contribution in [0.15, 0.2) is 54.7 Å². The first-order chi connectivity index (χ1) is 16.3. The smallest absolute Gasteiger partial charge is 0.341 e. The van der Waals surface area contributed by atoms with Crippen LogP contribution in [0.1, 0.15) is 30.0 Å². The topological polar surface area (TPSA) is 112 Å². The van der Waals surface area contributed by atoms with E-state index in [1.54, 1.807) is 36.4 Å². The van der Waals surface area contributed by atoms with Gasteiger partial charge in [-0.3, -0.25) is 8.51 Å². The van der Waals surface area contributed by atoms with E-state index in [0.717, 1.165) is 11.1 Å². The Kier molecular flexibility index (Phi) is 7.57. The molecule has 0 spiro atoms. The van der Waals surface area contributed by atoms with E-state index >= 15 is 0 Å². The molecule has 1 N–H and O–H groups in total. The minimum atomic E-state index is -2.64. The largest absolute Gasteiger partial charge is 0.755 e. The van der Waals surface area contributed by atoms with E-state index in [1.807, 2.05) is 6.07 Å². The van der Waals surface area contributed by atoms with Crippen LogP contribution in [-0.2, 0) is 22.5 Å². The van der Waals surface area contributed by atoms with Crippen LogP contribution in [0.4, 0.5) is 5.69 Å². The summed E-state index contributed by atoms with van der Waals surface area (Å²) in [6.07, 6.45) is 3.28. The number of pyridine rings is 1. The third-order valence-corrected chi connectivity index (χ3v) is 6.61. The summed E-state index contributed by atoms with van der Waals surface area (Å²) in [5.74, 6) is -0.0540. The Morgan fingerprint density at radius 3 is 2.68 bits per heavy atom. The number of aromatic nitrogens is 1. The number of nitrogens with zero attached hydrogens (tertiary/aromatic N) is 2. The fraction of sp³-hybridized carbons (Fsp3) is 0.217. The molecule has 1 aromatic heterocycles. The molecule has 1 heterocycles. The molecule has 0 amide bonds. The Bertz CT molecular complexity index is 1220. The number of halogens is 2. The van der Waals surface area contributed by atoms with E-state index in [2.05, 4.69) is 4.98 Å². The van der Waals surface area contributed by atoms with Gasteiger partial charge in [0.05, 0.1) is 17.9 Å². The Hall–Kier alpha value is -2.85. The zero-order valence-electron chi connectivity index (χ0n) is 17.6. The quantitative estimate of drug-likeness (QED) is 0.399. The molecule has 2 atom stereocenters. The van der Waals surface area contributed by atoms with Gasteiger partial charge in [0.1, 0.15) is 16.5 Å². The second-order valence-corrected chi connectivity index (χ2v) is 9.17. The minimum Gasteiger partial charge on any atom is -0.755 e. The predicted molar refractivity (Wildman–Crippen MR) is 127 cm³/mol. The van der Waals surface area contributed by atoms with Gasteiger partial charge in [-0.05, 0) is 66.8 Å². The van der Waals surface area contributed by atoms with Gasteiger partial charge in [-0.1, -0.05) is 35.3 Å². The maximum absolute atomic E-state index is 12.3. The van der Waals surface area contributed by atoms with E-state index in [0.29, 0.717) is 35.8 Å². The van der Waals surface area contributed by atoms with Gasteiger partial charge in [0.15, 0.2) is 6.61 Å². The molecular formula is C23H19Cl2N2O6S-. The SMILES string of the molecule is O=C(O)COc1cccc2c1CCCC2N(c1cnc(Oc2ccc(Cl)cc2)c(Cl)c1)S(=O)[O-]. The van der Waals surface area contributed by atoms with Crippen molar-refractivity contribution in [1.82, 2.24) is 4.98 Å². The van der Waals surface area contributed by atoms with Crippen LogP contribution in [0.25, 0.3) is 0 Å². The van der Waals surface area contributed by atoms with Crippen molar-refractivity contribution < 1.29 is 28.1 Å². The van der Waals surface area contributed by atoms with Crippen molar-refractivity contribution >= 4 is 46.1 Å². The van der Waals surface area contributed by atoms with Gasteiger partial charge in [-0.2, -0.15) is 0 Å². The van der Waals surface area contributed by atoms with Gasteiger partial charge in [0.25, 0.3) is 0 Å². The molecule has 11 heteroatoms. The van der Waals surface area contributed by atoms with Gasteiger partial charge in [-0.25, -0.2) is 9.78 Å². The summed E-state index contributed by atoms with van der Waals surface area (Å²) >= 11 is 9.63. The van der Waals surface area contributed by atoms with E-state index in [4.69, 9.17) is 37.8 Å². The molecule has 34 heavy (non-hydrogen) atoms. The van der Waals surface area contributed by atoms with Crippen molar-refractivity contribution in [3.8, 4) is 17.4 Å². The van der Waals surface area contributed by atoms with Crippen LogP contribution in [0.5, 0.6) is 17.4 Å². The van der Waals surface area contributed by atoms with Gasteiger partial charge < -0.3 is 19.1 Å². The molecule has 1 aliphatic rings. The Labute approximate surface area is 208 Å². The van der Waals surface area contributed by atoms with Crippen LogP contribution in [-0.4, -0.2) is 31.4 Å². The second-order valence-electron chi connectivity index (χ2n) is 7.49. The number of hydrogen-bond donors (Lipinski definition) is 1. The Morgan fingerprint density at radius 1 is 1.24 bits per heavy atom. The maximum Gasteiger partial charge on any atom is 0.341 e. The highest BCUT2D eigenvalue weighted by Gasteiger charge is 2.30. The highest BCUT2D eigenvalue weighted by Crippen LogP contribution is 2.42. The van der Waals surface area contributed by atoms with E-state index in [-0.39, 0.29) is 16.6 Å². The zero-order valence-corrected chi connectivity index (χ0v) is 20.0. The van der Waals surface area contributed by atoms with Crippen molar-refractivity contribution in [2.24, 2.45) is 0 Å². The molecule has 0 bridgehead atoms. The average Bonchev–Trinajstić information content (AvgIpc) is 2.81. The summed E-state index contributed by atoms with van der Waals surface area (Å²) in [5, 5.41) is 9.64. The third-order valence-electron chi connectivity index (χ3n) is 5.30. The van der Waals surface area contributed by atoms with Gasteiger partial charge in [0.2, 0.25) is 5.88 Å². The van der Waals surface area contributed by atoms with Crippen LogP contribution in [0, 0.1) is 0 Å². The number of aliphatic carboxylic acids is 1. The predicted octanol–water partition coefficient (Wildman–Crippen LogP) is 5.32. The average molecular weight is 522 g/mol. The standard InChI is InChI=1S/C23H20Cl2N2O6S/c24-14-7-9-16(10-8-14)33-23-19(25)11-15(12-26-23)27(34(30)31)20-5-1-4-18-17(20)3-2-6-21(18)32-13-22(28)29/h2-3,6-12,20H,1,4-5,13H2,(H,28,29)(H,30,31)/p-1. The number of ether oxygens (including phenoxy) is 2. The minimum absolute atomic E-state index is 0.123. The molecular weight excluding hydrogens is 503 g/mol. The van der Waals surface area contributed by atoms with Crippen molar-refractivity contribution in [1.29, 1.82) is 0 Å². The van der Waals surface area contributed by atoms with E-state index < -0.39 is 29.9 Å². The summed E-state index contributed by atoms with van der Waals surface area (Å²) in [6.45, 7) is -0.479. The zero-order chi connectivity index (χ0) is 24.2. The number of benzene rings is 2. The highest BCUT2D eigenvalue weighted by atomic mass is 35.5. The van der Waals surface area contributed by atoms with Crippen LogP contribution >= 0.6 is 23.2 Å². The lowest BCUT2D eigenvalue weighted by Crippen LogP contribution is -2.33. The molecule has 178 valence electrons. The molecule has 2 aromatic carbocycles. The summed E-state index contributed by atoms with van der Waals surface area (Å²) in [4.78, 5) is 15.2. The molecule has 0 saturated heterocycles. The summed E-state index contributed by atoms with van der Waals surface area (Å²) in [6, 6.07) is 12.8. The molecule has 8 nitrogen and oxygen atoms in total. The lowest BCUT2D eigenvalue weighted by Gasteiger charge is -2.38. The first-order valence-corrected chi connectivity index (χ1v) is 12.1. The molecule has 3 aromatic rings. The van der Waals surface area contributed by atoms with Crippen molar-refractivity contribution in [3.63, 3.8) is 0 Å². The fourth-order valence-corrected chi connectivity index (χ4v) is 4.93. The van der Waals surface area contributed by atoms with Crippen molar-refractivity contribution in [3.05, 3.63) is 75.9 Å². The molecule has 0 fully saturated rings. The number of carboxylic acids is 1. The maximum atomic E-state index is 12.3. The van der Waals surface area contributed by atoms with Crippen LogP contribution < -0.4 is 13.8 Å². The molecule has 4 rings (SSSR count). The summed E-state index contributed by atoms with van der Waals surface area (Å²) in [5.41, 5.74) is 1.81. The van der Waals surface area contributed by atoms with Crippen LogP contribution in [0.3, 0.4) is 0 Å². The van der Waals surface area contributed by atoms with Gasteiger partial charge in [0, 0.05) is 16.3 Å². The first kappa shape index (κ1) is 24.3. The third kappa shape index (κ3) is 5.44. The number of anilines is 1. The lowest BCUT2D eigenvalue weighted by molar-refractivity contribution is -0.139. The monoisotopic (exact) mass is 521 g/mol. The number of hydrogen-bond acceptors (Lipinski definition) is 6. The molecule has 0 radical (unpaired) electrons. The summed E-state index contributed by atoms with van der Waals surface area (Å²) in [7, 11) is 0. The number of carboxylic acid groups (broad SMARTS) is 1. The Balaban J connectivity index is 1.64. The van der Waals surface area contributed by atoms with Crippen molar-refractivity contribution in [2.45, 2.75) is 25.3 Å². The molecule has 0 saturated carbocycles. The van der Waals surface area contributed by atoms with Crippen molar-refractivity contribution in [2.75, 3.05) is 10.9 Å². The van der Waals surface area contributed by atoms with E-state index in [9.17, 15) is 13.6 Å². The highest BCUT2D eigenvalue weighted by molar-refractivity contribution is 7.80. The Morgan fingerprint density at radius 2 is 2.00 bits per heavy atom. The van der Waals surface area contributed by atoms with E-state index in [1.165, 1.54) is 16.6 Å². The second kappa shape index (κ2) is 10.6. The number of fused-ring (bicyclic) bond motifs is 1. The normalized spacial score (nSPS) is 15.8. The number of rotatable bonds is 8.